The Kier molecular flexibility index (Phi) is 4.75. The number of rotatable bonds is 4. The van der Waals surface area contributed by atoms with Crippen LogP contribution >= 0.6 is 11.6 Å². The van der Waals surface area contributed by atoms with Gasteiger partial charge in [0.2, 0.25) is 0 Å². The Hall–Kier alpha value is -2.14. The SMILES string of the molecule is CNC(=O)c1ccc(Cl)c(NC(C)c2ccc(F)cn2)c1. The van der Waals surface area contributed by atoms with E-state index in [1.807, 2.05) is 6.92 Å². The first-order valence-corrected chi connectivity index (χ1v) is 6.78. The quantitative estimate of drug-likeness (QED) is 0.910. The zero-order valence-electron chi connectivity index (χ0n) is 11.7. The monoisotopic (exact) mass is 307 g/mol. The number of carbonyl (C=O) groups excluding carboxylic acids is 1. The number of pyridine rings is 1. The number of nitrogens with one attached hydrogen (secondary N) is 2. The van der Waals surface area contributed by atoms with Gasteiger partial charge < -0.3 is 10.6 Å². The van der Waals surface area contributed by atoms with Crippen LogP contribution in [-0.2, 0) is 0 Å². The molecule has 0 bridgehead atoms. The number of amides is 1. The fourth-order valence-corrected chi connectivity index (χ4v) is 2.04. The molecule has 1 amide bonds. The molecule has 0 aliphatic heterocycles. The van der Waals surface area contributed by atoms with E-state index in [1.54, 1.807) is 31.3 Å². The Labute approximate surface area is 127 Å². The number of benzene rings is 1. The topological polar surface area (TPSA) is 54.0 Å². The van der Waals surface area contributed by atoms with Crippen LogP contribution in [0.5, 0.6) is 0 Å². The van der Waals surface area contributed by atoms with Gasteiger partial charge in [-0.25, -0.2) is 4.39 Å². The van der Waals surface area contributed by atoms with Crippen molar-refractivity contribution in [3.05, 3.63) is 58.6 Å². The maximum absolute atomic E-state index is 12.9. The zero-order chi connectivity index (χ0) is 15.4. The van der Waals surface area contributed by atoms with Gasteiger partial charge in [-0.15, -0.1) is 0 Å². The molecule has 6 heteroatoms. The second kappa shape index (κ2) is 6.54. The maximum atomic E-state index is 12.9. The largest absolute Gasteiger partial charge is 0.376 e. The average Bonchev–Trinajstić information content (AvgIpc) is 2.49. The number of halogens is 2. The molecular weight excluding hydrogens is 293 g/mol. The molecule has 110 valence electrons. The minimum atomic E-state index is -0.384. The molecular formula is C15H15ClFN3O. The average molecular weight is 308 g/mol. The van der Waals surface area contributed by atoms with E-state index in [4.69, 9.17) is 11.6 Å². The Bertz CT molecular complexity index is 646. The molecule has 1 heterocycles. The molecule has 4 nitrogen and oxygen atoms in total. The van der Waals surface area contributed by atoms with E-state index in [1.165, 1.54) is 6.07 Å². The highest BCUT2D eigenvalue weighted by atomic mass is 35.5. The van der Waals surface area contributed by atoms with Gasteiger partial charge in [-0.1, -0.05) is 11.6 Å². The summed E-state index contributed by atoms with van der Waals surface area (Å²) in [4.78, 5) is 15.7. The van der Waals surface area contributed by atoms with Crippen molar-refractivity contribution >= 4 is 23.2 Å². The fraction of sp³-hybridized carbons (Fsp3) is 0.200. The number of hydrogen-bond acceptors (Lipinski definition) is 3. The van der Waals surface area contributed by atoms with Crippen molar-refractivity contribution < 1.29 is 9.18 Å². The van der Waals surface area contributed by atoms with E-state index < -0.39 is 0 Å². The van der Waals surface area contributed by atoms with E-state index >= 15 is 0 Å². The van der Waals surface area contributed by atoms with E-state index in [-0.39, 0.29) is 17.8 Å². The van der Waals surface area contributed by atoms with Gasteiger partial charge in [0.15, 0.2) is 0 Å². The van der Waals surface area contributed by atoms with Gasteiger partial charge in [-0.3, -0.25) is 9.78 Å². The molecule has 1 aromatic carbocycles. The number of carbonyl (C=O) groups is 1. The van der Waals surface area contributed by atoms with Gasteiger partial charge in [0, 0.05) is 12.6 Å². The molecule has 1 unspecified atom stereocenters. The summed E-state index contributed by atoms with van der Waals surface area (Å²) in [7, 11) is 1.56. The van der Waals surface area contributed by atoms with Crippen LogP contribution in [-0.4, -0.2) is 17.9 Å². The third-order valence-electron chi connectivity index (χ3n) is 3.02. The summed E-state index contributed by atoms with van der Waals surface area (Å²) in [5, 5.41) is 6.22. The highest BCUT2D eigenvalue weighted by Crippen LogP contribution is 2.26. The summed E-state index contributed by atoms with van der Waals surface area (Å²) in [6.07, 6.45) is 1.16. The number of hydrogen-bond donors (Lipinski definition) is 2. The van der Waals surface area contributed by atoms with Crippen molar-refractivity contribution in [2.24, 2.45) is 0 Å². The van der Waals surface area contributed by atoms with E-state index in [0.29, 0.717) is 22.0 Å². The zero-order valence-corrected chi connectivity index (χ0v) is 12.4. The first-order chi connectivity index (χ1) is 10.0. The molecule has 0 radical (unpaired) electrons. The van der Waals surface area contributed by atoms with E-state index in [9.17, 15) is 9.18 Å². The Morgan fingerprint density at radius 2 is 2.10 bits per heavy atom. The first kappa shape index (κ1) is 15.3. The third kappa shape index (κ3) is 3.70. The highest BCUT2D eigenvalue weighted by molar-refractivity contribution is 6.33. The van der Waals surface area contributed by atoms with Gasteiger partial charge in [0.1, 0.15) is 5.82 Å². The van der Waals surface area contributed by atoms with Crippen LogP contribution in [0.3, 0.4) is 0 Å². The Morgan fingerprint density at radius 3 is 2.71 bits per heavy atom. The van der Waals surface area contributed by atoms with Crippen LogP contribution in [0.15, 0.2) is 36.5 Å². The van der Waals surface area contributed by atoms with Gasteiger partial charge in [-0.2, -0.15) is 0 Å². The maximum Gasteiger partial charge on any atom is 0.251 e. The number of nitrogens with zero attached hydrogens (tertiary/aromatic N) is 1. The molecule has 0 aliphatic rings. The molecule has 1 atom stereocenters. The molecule has 2 rings (SSSR count). The van der Waals surface area contributed by atoms with E-state index in [0.717, 1.165) is 6.20 Å². The summed E-state index contributed by atoms with van der Waals surface area (Å²) < 4.78 is 12.9. The van der Waals surface area contributed by atoms with Crippen molar-refractivity contribution in [1.82, 2.24) is 10.3 Å². The van der Waals surface area contributed by atoms with Crippen molar-refractivity contribution in [1.29, 1.82) is 0 Å². The van der Waals surface area contributed by atoms with Crippen LogP contribution in [0.4, 0.5) is 10.1 Å². The normalized spacial score (nSPS) is 11.8. The van der Waals surface area contributed by atoms with Gasteiger partial charge in [0.05, 0.1) is 28.6 Å². The summed E-state index contributed by atoms with van der Waals surface area (Å²) in [6, 6.07) is 7.74. The lowest BCUT2D eigenvalue weighted by Gasteiger charge is -2.16. The van der Waals surface area contributed by atoms with Crippen LogP contribution in [0.2, 0.25) is 5.02 Å². The molecule has 2 N–H and O–H groups in total. The van der Waals surface area contributed by atoms with E-state index in [2.05, 4.69) is 15.6 Å². The van der Waals surface area contributed by atoms with Gasteiger partial charge in [-0.05, 0) is 37.3 Å². The molecule has 0 spiro atoms. The summed E-state index contributed by atoms with van der Waals surface area (Å²) in [5.74, 6) is -0.576. The van der Waals surface area contributed by atoms with Crippen molar-refractivity contribution in [2.75, 3.05) is 12.4 Å². The Balaban J connectivity index is 2.22. The smallest absolute Gasteiger partial charge is 0.251 e. The van der Waals surface area contributed by atoms with Crippen LogP contribution < -0.4 is 10.6 Å². The van der Waals surface area contributed by atoms with Crippen molar-refractivity contribution in [3.63, 3.8) is 0 Å². The minimum absolute atomic E-state index is 0.178. The lowest BCUT2D eigenvalue weighted by molar-refractivity contribution is 0.0963. The predicted octanol–water partition coefficient (Wildman–Crippen LogP) is 3.41. The molecule has 21 heavy (non-hydrogen) atoms. The lowest BCUT2D eigenvalue weighted by Crippen LogP contribution is -2.18. The summed E-state index contributed by atoms with van der Waals surface area (Å²) >= 11 is 6.13. The molecule has 0 fully saturated rings. The first-order valence-electron chi connectivity index (χ1n) is 6.41. The number of anilines is 1. The molecule has 0 saturated heterocycles. The minimum Gasteiger partial charge on any atom is -0.376 e. The summed E-state index contributed by atoms with van der Waals surface area (Å²) in [6.45, 7) is 1.88. The highest BCUT2D eigenvalue weighted by Gasteiger charge is 2.12. The molecule has 0 saturated carbocycles. The van der Waals surface area contributed by atoms with Gasteiger partial charge in [0.25, 0.3) is 5.91 Å². The molecule has 2 aromatic rings. The molecule has 0 aliphatic carbocycles. The van der Waals surface area contributed by atoms with Crippen molar-refractivity contribution in [2.45, 2.75) is 13.0 Å². The predicted molar refractivity (Wildman–Crippen MR) is 81.1 cm³/mol. The van der Waals surface area contributed by atoms with Crippen LogP contribution in [0.25, 0.3) is 0 Å². The van der Waals surface area contributed by atoms with Crippen LogP contribution in [0.1, 0.15) is 29.0 Å². The van der Waals surface area contributed by atoms with Crippen LogP contribution in [0, 0.1) is 5.82 Å². The lowest BCUT2D eigenvalue weighted by atomic mass is 10.1. The fourth-order valence-electron chi connectivity index (χ4n) is 1.87. The van der Waals surface area contributed by atoms with Gasteiger partial charge >= 0.3 is 0 Å². The standard InChI is InChI=1S/C15H15ClFN3O/c1-9(13-6-4-11(17)8-19-13)20-14-7-10(15(21)18-2)3-5-12(14)16/h3-9,20H,1-2H3,(H,18,21). The number of aromatic nitrogens is 1. The Morgan fingerprint density at radius 1 is 1.33 bits per heavy atom. The van der Waals surface area contributed by atoms with Crippen molar-refractivity contribution in [3.8, 4) is 0 Å². The second-order valence-corrected chi connectivity index (χ2v) is 4.95. The second-order valence-electron chi connectivity index (χ2n) is 4.54. The molecule has 1 aromatic heterocycles. The summed E-state index contributed by atoms with van der Waals surface area (Å²) in [5.41, 5.74) is 1.80. The third-order valence-corrected chi connectivity index (χ3v) is 3.35.